The van der Waals surface area contributed by atoms with Crippen molar-refractivity contribution >= 4 is 0 Å². The average Bonchev–Trinajstić information content (AvgIpc) is 2.09. The Morgan fingerprint density at radius 3 is 2.06 bits per heavy atom. The van der Waals surface area contributed by atoms with E-state index in [1.54, 1.807) is 13.8 Å². The molecule has 0 spiro atoms. The van der Waals surface area contributed by atoms with Crippen LogP contribution in [0.2, 0.25) is 0 Å². The topological polar surface area (TPSA) is 46.2 Å². The molecule has 0 aromatic heterocycles. The zero-order valence-corrected chi connectivity index (χ0v) is 9.47. The van der Waals surface area contributed by atoms with Gasteiger partial charge in [-0.05, 0) is 32.4 Å². The van der Waals surface area contributed by atoms with Crippen LogP contribution >= 0.6 is 0 Å². The maximum Gasteiger partial charge on any atom is 0.421 e. The van der Waals surface area contributed by atoms with Gasteiger partial charge >= 0.3 is 6.18 Å². The van der Waals surface area contributed by atoms with Crippen LogP contribution < -0.4 is 5.73 Å². The Hall–Kier alpha value is -1.23. The van der Waals surface area contributed by atoms with Gasteiger partial charge in [-0.1, -0.05) is 18.2 Å². The van der Waals surface area contributed by atoms with Crippen LogP contribution in [0.3, 0.4) is 0 Å². The first-order valence-corrected chi connectivity index (χ1v) is 4.69. The van der Waals surface area contributed by atoms with E-state index >= 15 is 0 Å². The van der Waals surface area contributed by atoms with Crippen LogP contribution in [0.1, 0.15) is 20.8 Å². The summed E-state index contributed by atoms with van der Waals surface area (Å²) in [7, 11) is 0. The van der Waals surface area contributed by atoms with Gasteiger partial charge in [0.15, 0.2) is 5.60 Å². The molecule has 0 rings (SSSR count). The number of hydrogen-bond acceptors (Lipinski definition) is 2. The molecule has 0 saturated heterocycles. The van der Waals surface area contributed by atoms with Crippen LogP contribution in [0, 0.1) is 0 Å². The van der Waals surface area contributed by atoms with E-state index in [-0.39, 0.29) is 5.57 Å². The number of alkyl halides is 3. The standard InChI is InChI=1S/C11H16F3NO/c1-4-5-9(7-6-8(2)15)10(3,16)11(12,13)14/h4-7,16H,15H2,1-3H3/b5-4-,8-6+,9-7+. The summed E-state index contributed by atoms with van der Waals surface area (Å²) < 4.78 is 37.7. The van der Waals surface area contributed by atoms with Gasteiger partial charge in [0.05, 0.1) is 0 Å². The Morgan fingerprint density at radius 1 is 1.25 bits per heavy atom. The minimum Gasteiger partial charge on any atom is -0.402 e. The Bertz CT molecular complexity index is 321. The monoisotopic (exact) mass is 235 g/mol. The Kier molecular flexibility index (Phi) is 4.81. The third-order valence-electron chi connectivity index (χ3n) is 1.99. The lowest BCUT2D eigenvalue weighted by Gasteiger charge is -2.27. The number of hydrogen-bond donors (Lipinski definition) is 2. The van der Waals surface area contributed by atoms with Gasteiger partial charge in [-0.25, -0.2) is 0 Å². The molecule has 16 heavy (non-hydrogen) atoms. The number of nitrogens with two attached hydrogens (primary N) is 1. The normalized spacial score (nSPS) is 18.9. The molecule has 0 radical (unpaired) electrons. The van der Waals surface area contributed by atoms with Gasteiger partial charge in [0.2, 0.25) is 0 Å². The smallest absolute Gasteiger partial charge is 0.402 e. The molecule has 0 aromatic rings. The Labute approximate surface area is 93.0 Å². The summed E-state index contributed by atoms with van der Waals surface area (Å²) in [5, 5.41) is 9.44. The molecule has 0 aliphatic heterocycles. The number of allylic oxidation sites excluding steroid dienone is 4. The molecule has 1 atom stereocenters. The highest BCUT2D eigenvalue weighted by Crippen LogP contribution is 2.36. The van der Waals surface area contributed by atoms with Gasteiger partial charge in [-0.3, -0.25) is 0 Å². The molecule has 1 unspecified atom stereocenters. The fourth-order valence-corrected chi connectivity index (χ4v) is 0.945. The minimum atomic E-state index is -4.73. The molecule has 0 bridgehead atoms. The SMILES string of the molecule is C\C=C/C(=C\C=C(/C)N)C(C)(O)C(F)(F)F. The second kappa shape index (κ2) is 5.21. The van der Waals surface area contributed by atoms with Crippen LogP contribution in [0.5, 0.6) is 0 Å². The Balaban J connectivity index is 5.39. The fraction of sp³-hybridized carbons (Fsp3) is 0.455. The van der Waals surface area contributed by atoms with E-state index in [4.69, 9.17) is 5.73 Å². The van der Waals surface area contributed by atoms with Crippen molar-refractivity contribution in [2.75, 3.05) is 0 Å². The van der Waals surface area contributed by atoms with Crippen LogP contribution in [-0.4, -0.2) is 16.9 Å². The van der Waals surface area contributed by atoms with Crippen molar-refractivity contribution in [2.24, 2.45) is 5.73 Å². The first kappa shape index (κ1) is 14.8. The van der Waals surface area contributed by atoms with E-state index in [9.17, 15) is 18.3 Å². The maximum atomic E-state index is 12.6. The van der Waals surface area contributed by atoms with E-state index < -0.39 is 11.8 Å². The summed E-state index contributed by atoms with van der Waals surface area (Å²) in [6.07, 6.45) is 0.367. The van der Waals surface area contributed by atoms with Gasteiger partial charge in [-0.2, -0.15) is 13.2 Å². The predicted octanol–water partition coefficient (Wildman–Crippen LogP) is 2.66. The van der Waals surface area contributed by atoms with Gasteiger partial charge in [0.25, 0.3) is 0 Å². The highest BCUT2D eigenvalue weighted by atomic mass is 19.4. The quantitative estimate of drug-likeness (QED) is 0.739. The van der Waals surface area contributed by atoms with Crippen LogP contribution in [0.15, 0.2) is 35.6 Å². The molecule has 0 fully saturated rings. The molecule has 2 nitrogen and oxygen atoms in total. The summed E-state index contributed by atoms with van der Waals surface area (Å²) in [6, 6.07) is 0. The lowest BCUT2D eigenvalue weighted by atomic mass is 9.94. The summed E-state index contributed by atoms with van der Waals surface area (Å²) in [6.45, 7) is 3.82. The lowest BCUT2D eigenvalue weighted by molar-refractivity contribution is -0.235. The largest absolute Gasteiger partial charge is 0.421 e. The number of rotatable bonds is 3. The van der Waals surface area contributed by atoms with E-state index in [0.29, 0.717) is 12.6 Å². The summed E-state index contributed by atoms with van der Waals surface area (Å²) >= 11 is 0. The predicted molar refractivity (Wildman–Crippen MR) is 57.5 cm³/mol. The molecule has 0 aliphatic carbocycles. The summed E-state index contributed by atoms with van der Waals surface area (Å²) in [5.41, 5.74) is 2.54. The molecule has 5 heteroatoms. The van der Waals surface area contributed by atoms with Crippen molar-refractivity contribution < 1.29 is 18.3 Å². The lowest BCUT2D eigenvalue weighted by Crippen LogP contribution is -2.43. The third-order valence-corrected chi connectivity index (χ3v) is 1.99. The molecule has 0 amide bonds. The van der Waals surface area contributed by atoms with Crippen molar-refractivity contribution in [3.63, 3.8) is 0 Å². The highest BCUT2D eigenvalue weighted by molar-refractivity contribution is 5.33. The van der Waals surface area contributed by atoms with E-state index in [1.807, 2.05) is 0 Å². The van der Waals surface area contributed by atoms with Crippen molar-refractivity contribution in [1.29, 1.82) is 0 Å². The van der Waals surface area contributed by atoms with Crippen molar-refractivity contribution in [3.8, 4) is 0 Å². The zero-order chi connectivity index (χ0) is 13.0. The van der Waals surface area contributed by atoms with Gasteiger partial charge in [0.1, 0.15) is 0 Å². The Morgan fingerprint density at radius 2 is 1.75 bits per heavy atom. The van der Waals surface area contributed by atoms with E-state index in [0.717, 1.165) is 6.08 Å². The van der Waals surface area contributed by atoms with E-state index in [2.05, 4.69) is 0 Å². The number of aliphatic hydroxyl groups is 1. The third kappa shape index (κ3) is 3.73. The molecular formula is C11H16F3NO. The molecule has 0 heterocycles. The molecule has 3 N–H and O–H groups in total. The molecule has 92 valence electrons. The molecule has 0 aliphatic rings. The zero-order valence-electron chi connectivity index (χ0n) is 9.47. The minimum absolute atomic E-state index is 0.257. The van der Waals surface area contributed by atoms with Crippen molar-refractivity contribution in [3.05, 3.63) is 35.6 Å². The summed E-state index contributed by atoms with van der Waals surface area (Å²) in [5.74, 6) is 0. The first-order valence-electron chi connectivity index (χ1n) is 4.69. The van der Waals surface area contributed by atoms with Crippen LogP contribution in [-0.2, 0) is 0 Å². The molecule has 0 aromatic carbocycles. The first-order chi connectivity index (χ1) is 7.13. The van der Waals surface area contributed by atoms with Gasteiger partial charge in [-0.15, -0.1) is 0 Å². The number of halogens is 3. The maximum absolute atomic E-state index is 12.6. The van der Waals surface area contributed by atoms with Crippen molar-refractivity contribution in [2.45, 2.75) is 32.5 Å². The highest BCUT2D eigenvalue weighted by Gasteiger charge is 2.51. The second-order valence-electron chi connectivity index (χ2n) is 3.60. The van der Waals surface area contributed by atoms with Gasteiger partial charge in [0, 0.05) is 5.70 Å². The second-order valence-corrected chi connectivity index (χ2v) is 3.60. The van der Waals surface area contributed by atoms with Crippen LogP contribution in [0.4, 0.5) is 13.2 Å². The van der Waals surface area contributed by atoms with Crippen LogP contribution in [0.25, 0.3) is 0 Å². The van der Waals surface area contributed by atoms with E-state index in [1.165, 1.54) is 18.2 Å². The molecular weight excluding hydrogens is 219 g/mol. The van der Waals surface area contributed by atoms with Gasteiger partial charge < -0.3 is 10.8 Å². The molecule has 0 saturated carbocycles. The fourth-order valence-electron chi connectivity index (χ4n) is 0.945. The average molecular weight is 235 g/mol. The van der Waals surface area contributed by atoms with Crippen molar-refractivity contribution in [1.82, 2.24) is 0 Å². The summed E-state index contributed by atoms with van der Waals surface area (Å²) in [4.78, 5) is 0.